The van der Waals surface area contributed by atoms with Gasteiger partial charge in [-0.2, -0.15) is 0 Å². The van der Waals surface area contributed by atoms with Crippen LogP contribution in [0.4, 0.5) is 5.82 Å². The zero-order chi connectivity index (χ0) is 20.5. The predicted octanol–water partition coefficient (Wildman–Crippen LogP) is 2.10. The number of nitrogens with zero attached hydrogens (tertiary/aromatic N) is 3. The molecule has 0 saturated heterocycles. The monoisotopic (exact) mass is 387 g/mol. The molecule has 0 radical (unpaired) electrons. The summed E-state index contributed by atoms with van der Waals surface area (Å²) in [5.41, 5.74) is 1.24. The first-order valence-electron chi connectivity index (χ1n) is 9.16. The molecule has 1 aromatic carbocycles. The number of amides is 1. The van der Waals surface area contributed by atoms with Crippen molar-refractivity contribution in [3.05, 3.63) is 41.3 Å². The summed E-state index contributed by atoms with van der Waals surface area (Å²) in [7, 11) is 7.24. The van der Waals surface area contributed by atoms with Crippen LogP contribution >= 0.6 is 0 Å². The number of aromatic nitrogens is 2. The Kier molecular flexibility index (Phi) is 8.01. The van der Waals surface area contributed by atoms with E-state index in [1.54, 1.807) is 27.2 Å². The van der Waals surface area contributed by atoms with Crippen LogP contribution in [0.5, 0.6) is 11.5 Å². The van der Waals surface area contributed by atoms with Gasteiger partial charge in [0.15, 0.2) is 11.5 Å². The quantitative estimate of drug-likeness (QED) is 0.604. The molecule has 0 aliphatic carbocycles. The minimum absolute atomic E-state index is 0.253. The molecule has 1 amide bonds. The molecule has 28 heavy (non-hydrogen) atoms. The number of carbonyl (C=O) groups excluding carboxylic acids is 1. The van der Waals surface area contributed by atoms with E-state index >= 15 is 0 Å². The highest BCUT2D eigenvalue weighted by molar-refractivity contribution is 5.92. The summed E-state index contributed by atoms with van der Waals surface area (Å²) in [6.07, 6.45) is 0.983. The summed E-state index contributed by atoms with van der Waals surface area (Å²) >= 11 is 0. The lowest BCUT2D eigenvalue weighted by Gasteiger charge is -2.12. The van der Waals surface area contributed by atoms with E-state index in [1.807, 2.05) is 32.3 Å². The minimum Gasteiger partial charge on any atom is -0.493 e. The van der Waals surface area contributed by atoms with Crippen molar-refractivity contribution in [3.63, 3.8) is 0 Å². The molecule has 0 bridgehead atoms. The predicted molar refractivity (Wildman–Crippen MR) is 109 cm³/mol. The van der Waals surface area contributed by atoms with Crippen LogP contribution in [0.15, 0.2) is 24.3 Å². The zero-order valence-corrected chi connectivity index (χ0v) is 17.2. The Hall–Kier alpha value is -2.87. The molecular weight excluding hydrogens is 358 g/mol. The van der Waals surface area contributed by atoms with E-state index in [1.165, 1.54) is 0 Å². The molecule has 1 heterocycles. The van der Waals surface area contributed by atoms with Crippen molar-refractivity contribution in [3.8, 4) is 11.5 Å². The highest BCUT2D eigenvalue weighted by Crippen LogP contribution is 2.27. The second kappa shape index (κ2) is 10.5. The third-order valence-corrected chi connectivity index (χ3v) is 4.06. The first-order chi connectivity index (χ1) is 13.4. The molecule has 0 fully saturated rings. The number of benzene rings is 1. The second-order valence-corrected chi connectivity index (χ2v) is 6.64. The molecule has 8 heteroatoms. The number of carbonyl (C=O) groups is 1. The summed E-state index contributed by atoms with van der Waals surface area (Å²) in [6.45, 7) is 3.89. The van der Waals surface area contributed by atoms with Gasteiger partial charge in [0.25, 0.3) is 5.91 Å². The molecule has 0 unspecified atom stereocenters. The number of nitrogens with one attached hydrogen (secondary N) is 2. The van der Waals surface area contributed by atoms with Crippen LogP contribution in [0.3, 0.4) is 0 Å². The maximum atomic E-state index is 12.5. The normalized spacial score (nSPS) is 10.6. The fourth-order valence-electron chi connectivity index (χ4n) is 2.65. The Labute approximate surface area is 166 Å². The molecule has 0 saturated carbocycles. The van der Waals surface area contributed by atoms with Gasteiger partial charge in [0.1, 0.15) is 17.3 Å². The number of anilines is 1. The Morgan fingerprint density at radius 2 is 1.86 bits per heavy atom. The third-order valence-electron chi connectivity index (χ3n) is 4.06. The minimum atomic E-state index is -0.253. The van der Waals surface area contributed by atoms with Crippen LogP contribution < -0.4 is 20.1 Å². The van der Waals surface area contributed by atoms with E-state index in [9.17, 15) is 4.79 Å². The lowest BCUT2D eigenvalue weighted by Crippen LogP contribution is -2.24. The first-order valence-corrected chi connectivity index (χ1v) is 9.16. The van der Waals surface area contributed by atoms with Crippen molar-refractivity contribution in [1.29, 1.82) is 0 Å². The Morgan fingerprint density at radius 3 is 2.54 bits per heavy atom. The van der Waals surface area contributed by atoms with Gasteiger partial charge in [0.05, 0.1) is 14.2 Å². The lowest BCUT2D eigenvalue weighted by molar-refractivity contribution is 0.0945. The largest absolute Gasteiger partial charge is 0.493 e. The smallest absolute Gasteiger partial charge is 0.270 e. The molecule has 0 aliphatic heterocycles. The first kappa shape index (κ1) is 21.4. The highest BCUT2D eigenvalue weighted by atomic mass is 16.5. The van der Waals surface area contributed by atoms with Gasteiger partial charge in [-0.25, -0.2) is 9.97 Å². The molecule has 2 rings (SSSR count). The molecular formula is C20H29N5O3. The highest BCUT2D eigenvalue weighted by Gasteiger charge is 2.11. The van der Waals surface area contributed by atoms with Crippen LogP contribution in [0.2, 0.25) is 0 Å². The van der Waals surface area contributed by atoms with Crippen LogP contribution in [0.1, 0.15) is 28.3 Å². The molecule has 152 valence electrons. The molecule has 0 atom stereocenters. The summed E-state index contributed by atoms with van der Waals surface area (Å²) in [4.78, 5) is 23.2. The number of aryl methyl sites for hydroxylation is 1. The molecule has 8 nitrogen and oxygen atoms in total. The summed E-state index contributed by atoms with van der Waals surface area (Å²) < 4.78 is 10.5. The van der Waals surface area contributed by atoms with Crippen LogP contribution in [-0.2, 0) is 6.54 Å². The number of methoxy groups -OCH3 is 2. The average Bonchev–Trinajstić information content (AvgIpc) is 2.68. The lowest BCUT2D eigenvalue weighted by atomic mass is 10.2. The van der Waals surface area contributed by atoms with Gasteiger partial charge in [-0.1, -0.05) is 6.07 Å². The van der Waals surface area contributed by atoms with E-state index in [2.05, 4.69) is 25.5 Å². The van der Waals surface area contributed by atoms with Gasteiger partial charge in [-0.05, 0) is 51.7 Å². The number of ether oxygens (including phenoxy) is 2. The number of hydrogen-bond acceptors (Lipinski definition) is 7. The van der Waals surface area contributed by atoms with Gasteiger partial charge < -0.3 is 25.0 Å². The molecule has 1 aromatic heterocycles. The maximum Gasteiger partial charge on any atom is 0.270 e. The Morgan fingerprint density at radius 1 is 1.11 bits per heavy atom. The Balaban J connectivity index is 1.98. The van der Waals surface area contributed by atoms with E-state index < -0.39 is 0 Å². The SMILES string of the molecule is COc1ccc(CNC(=O)c2cc(NCCCN(C)C)nc(C)n2)cc1OC. The van der Waals surface area contributed by atoms with E-state index in [0.717, 1.165) is 25.1 Å². The number of hydrogen-bond donors (Lipinski definition) is 2. The average molecular weight is 387 g/mol. The van der Waals surface area contributed by atoms with Gasteiger partial charge in [0, 0.05) is 19.2 Å². The topological polar surface area (TPSA) is 88.6 Å². The Bertz CT molecular complexity index is 795. The fourth-order valence-corrected chi connectivity index (χ4v) is 2.65. The van der Waals surface area contributed by atoms with Gasteiger partial charge >= 0.3 is 0 Å². The maximum absolute atomic E-state index is 12.5. The van der Waals surface area contributed by atoms with E-state index in [0.29, 0.717) is 35.4 Å². The molecule has 0 spiro atoms. The summed E-state index contributed by atoms with van der Waals surface area (Å²) in [6, 6.07) is 7.20. The van der Waals surface area contributed by atoms with Crippen LogP contribution in [0.25, 0.3) is 0 Å². The summed E-state index contributed by atoms with van der Waals surface area (Å²) in [5, 5.41) is 6.13. The summed E-state index contributed by atoms with van der Waals surface area (Å²) in [5.74, 6) is 2.22. The van der Waals surface area contributed by atoms with Gasteiger partial charge in [-0.15, -0.1) is 0 Å². The van der Waals surface area contributed by atoms with Crippen LogP contribution in [-0.4, -0.2) is 62.2 Å². The molecule has 2 N–H and O–H groups in total. The number of rotatable bonds is 10. The van der Waals surface area contributed by atoms with Gasteiger partial charge in [0.2, 0.25) is 0 Å². The van der Waals surface area contributed by atoms with Crippen molar-refractivity contribution in [2.24, 2.45) is 0 Å². The van der Waals surface area contributed by atoms with E-state index in [-0.39, 0.29) is 5.91 Å². The third kappa shape index (κ3) is 6.38. The van der Waals surface area contributed by atoms with Crippen molar-refractivity contribution in [1.82, 2.24) is 20.2 Å². The standard InChI is InChI=1S/C20H29N5O3/c1-14-23-16(12-19(24-14)21-9-6-10-25(2)3)20(26)22-13-15-7-8-17(27-4)18(11-15)28-5/h7-8,11-12H,6,9-10,13H2,1-5H3,(H,22,26)(H,21,23,24). The fraction of sp³-hybridized carbons (Fsp3) is 0.450. The second-order valence-electron chi connectivity index (χ2n) is 6.64. The van der Waals surface area contributed by atoms with Crippen molar-refractivity contribution in [2.45, 2.75) is 19.9 Å². The van der Waals surface area contributed by atoms with E-state index in [4.69, 9.17) is 9.47 Å². The zero-order valence-electron chi connectivity index (χ0n) is 17.2. The van der Waals surface area contributed by atoms with Crippen molar-refractivity contribution < 1.29 is 14.3 Å². The van der Waals surface area contributed by atoms with Crippen molar-refractivity contribution in [2.75, 3.05) is 46.7 Å². The van der Waals surface area contributed by atoms with Crippen LogP contribution in [0, 0.1) is 6.92 Å². The van der Waals surface area contributed by atoms with Gasteiger partial charge in [-0.3, -0.25) is 4.79 Å². The molecule has 2 aromatic rings. The van der Waals surface area contributed by atoms with Crippen molar-refractivity contribution >= 4 is 11.7 Å². The molecule has 0 aliphatic rings.